The van der Waals surface area contributed by atoms with Crippen LogP contribution in [0.1, 0.15) is 20.8 Å². The minimum absolute atomic E-state index is 0.144. The van der Waals surface area contributed by atoms with E-state index in [4.69, 9.17) is 21.4 Å². The molecule has 1 atom stereocenters. The molecule has 0 aliphatic rings. The Labute approximate surface area is 157 Å². The third-order valence-corrected chi connectivity index (χ3v) is 3.81. The quantitative estimate of drug-likeness (QED) is 0.579. The Balaban J connectivity index is 2.65. The molecule has 0 unspecified atom stereocenters. The lowest BCUT2D eigenvalue weighted by Crippen LogP contribution is -2.42. The van der Waals surface area contributed by atoms with E-state index >= 15 is 0 Å². The van der Waals surface area contributed by atoms with Crippen LogP contribution in [-0.2, 0) is 14.4 Å². The molecule has 0 heterocycles. The fourth-order valence-electron chi connectivity index (χ4n) is 2.03. The maximum atomic E-state index is 11.9. The number of carbonyl (C=O) groups is 3. The lowest BCUT2D eigenvalue weighted by atomic mass is 10.3. The van der Waals surface area contributed by atoms with Crippen LogP contribution in [0.3, 0.4) is 0 Å². The maximum absolute atomic E-state index is 11.9. The van der Waals surface area contributed by atoms with Gasteiger partial charge in [0.15, 0.2) is 6.61 Å². The molecule has 0 aliphatic carbocycles. The van der Waals surface area contributed by atoms with Crippen LogP contribution in [0.15, 0.2) is 18.2 Å². The minimum atomic E-state index is -0.883. The van der Waals surface area contributed by atoms with E-state index in [-0.39, 0.29) is 24.1 Å². The van der Waals surface area contributed by atoms with Crippen LogP contribution in [0.5, 0.6) is 5.75 Å². The number of carbonyl (C=O) groups excluding carboxylic acids is 3. The van der Waals surface area contributed by atoms with Crippen molar-refractivity contribution in [1.82, 2.24) is 10.2 Å². The number of rotatable bonds is 8. The number of nitrogens with one attached hydrogen (secondary N) is 2. The summed E-state index contributed by atoms with van der Waals surface area (Å²) in [4.78, 5) is 37.0. The number of anilines is 1. The number of nitrogens with zero attached hydrogens (tertiary/aromatic N) is 1. The number of amides is 3. The fraction of sp³-hybridized carbons (Fsp3) is 0.471. The molecular formula is C17H24ClN3O5. The summed E-state index contributed by atoms with van der Waals surface area (Å²) in [6, 6.07) is 3.89. The smallest absolute Gasteiger partial charge is 0.313 e. The minimum Gasteiger partial charge on any atom is -0.482 e. The fourth-order valence-corrected chi connectivity index (χ4v) is 2.26. The molecule has 0 saturated carbocycles. The van der Waals surface area contributed by atoms with Crippen molar-refractivity contribution in [2.45, 2.75) is 26.8 Å². The Morgan fingerprint density at radius 3 is 2.42 bits per heavy atom. The Morgan fingerprint density at radius 2 is 1.88 bits per heavy atom. The Morgan fingerprint density at radius 1 is 1.23 bits per heavy atom. The van der Waals surface area contributed by atoms with E-state index in [1.165, 1.54) is 18.2 Å². The van der Waals surface area contributed by atoms with E-state index in [1.54, 1.807) is 11.8 Å². The van der Waals surface area contributed by atoms with E-state index in [1.807, 2.05) is 13.8 Å². The second kappa shape index (κ2) is 10.6. The molecule has 0 bridgehead atoms. The van der Waals surface area contributed by atoms with Crippen LogP contribution in [0, 0.1) is 0 Å². The summed E-state index contributed by atoms with van der Waals surface area (Å²) >= 11 is 6.10. The molecule has 0 aromatic heterocycles. The highest BCUT2D eigenvalue weighted by molar-refractivity contribution is 6.40. The topological polar surface area (TPSA) is 108 Å². The zero-order chi connectivity index (χ0) is 19.7. The van der Waals surface area contributed by atoms with E-state index in [2.05, 4.69) is 10.6 Å². The van der Waals surface area contributed by atoms with Gasteiger partial charge in [0.25, 0.3) is 5.91 Å². The van der Waals surface area contributed by atoms with E-state index in [0.29, 0.717) is 24.5 Å². The first-order chi connectivity index (χ1) is 12.3. The Kier molecular flexibility index (Phi) is 8.87. The molecule has 0 spiro atoms. The van der Waals surface area contributed by atoms with Gasteiger partial charge in [0.2, 0.25) is 0 Å². The van der Waals surface area contributed by atoms with Gasteiger partial charge in [-0.25, -0.2) is 0 Å². The van der Waals surface area contributed by atoms with Gasteiger partial charge in [0, 0.05) is 24.8 Å². The summed E-state index contributed by atoms with van der Waals surface area (Å²) in [5, 5.41) is 13.8. The molecule has 0 aliphatic heterocycles. The summed E-state index contributed by atoms with van der Waals surface area (Å²) in [7, 11) is 0. The molecule has 1 rings (SSSR count). The monoisotopic (exact) mass is 385 g/mol. The van der Waals surface area contributed by atoms with Crippen molar-refractivity contribution in [2.75, 3.05) is 31.6 Å². The van der Waals surface area contributed by atoms with Crippen molar-refractivity contribution in [1.29, 1.82) is 0 Å². The van der Waals surface area contributed by atoms with Crippen molar-refractivity contribution in [2.24, 2.45) is 0 Å². The van der Waals surface area contributed by atoms with Crippen LogP contribution in [-0.4, -0.2) is 60.1 Å². The van der Waals surface area contributed by atoms with Gasteiger partial charge in [-0.15, -0.1) is 0 Å². The molecule has 1 aromatic carbocycles. The molecule has 3 amide bonds. The number of likely N-dealkylation sites (N-methyl/N-ethyl adjacent to an activating group) is 1. The lowest BCUT2D eigenvalue weighted by Gasteiger charge is -2.19. The van der Waals surface area contributed by atoms with Gasteiger partial charge in [-0.2, -0.15) is 0 Å². The summed E-state index contributed by atoms with van der Waals surface area (Å²) in [5.74, 6) is -1.61. The molecule has 3 N–H and O–H groups in total. The van der Waals surface area contributed by atoms with E-state index in [0.717, 1.165) is 0 Å². The molecule has 1 aromatic rings. The number of hydrogen-bond donors (Lipinski definition) is 3. The average Bonchev–Trinajstić information content (AvgIpc) is 2.61. The third kappa shape index (κ3) is 6.53. The second-order valence-corrected chi connectivity index (χ2v) is 5.92. The van der Waals surface area contributed by atoms with Gasteiger partial charge < -0.3 is 25.4 Å². The molecule has 8 nitrogen and oxygen atoms in total. The van der Waals surface area contributed by atoms with Crippen molar-refractivity contribution < 1.29 is 24.2 Å². The predicted molar refractivity (Wildman–Crippen MR) is 98.2 cm³/mol. The van der Waals surface area contributed by atoms with Gasteiger partial charge in [0.05, 0.1) is 11.6 Å². The van der Waals surface area contributed by atoms with Crippen LogP contribution in [0.25, 0.3) is 0 Å². The number of hydrogen-bond acceptors (Lipinski definition) is 5. The van der Waals surface area contributed by atoms with E-state index in [9.17, 15) is 14.4 Å². The summed E-state index contributed by atoms with van der Waals surface area (Å²) in [6.45, 7) is 6.08. The first-order valence-corrected chi connectivity index (χ1v) is 8.62. The summed E-state index contributed by atoms with van der Waals surface area (Å²) in [6.07, 6.45) is 0. The highest BCUT2D eigenvalue weighted by Crippen LogP contribution is 2.27. The van der Waals surface area contributed by atoms with Crippen molar-refractivity contribution in [3.63, 3.8) is 0 Å². The van der Waals surface area contributed by atoms with Gasteiger partial charge >= 0.3 is 11.8 Å². The predicted octanol–water partition coefficient (Wildman–Crippen LogP) is 1.02. The number of aliphatic hydroxyl groups is 1. The SMILES string of the molecule is CCN(CC)C(=O)COc1ccc(NC(=O)C(=O)N[C@H](C)CO)cc1Cl. The van der Waals surface area contributed by atoms with Crippen LogP contribution in [0.4, 0.5) is 5.69 Å². The Bertz CT molecular complexity index is 649. The number of halogens is 1. The van der Waals surface area contributed by atoms with Crippen LogP contribution in [0.2, 0.25) is 5.02 Å². The standard InChI is InChI=1S/C17H24ClN3O5/c1-4-21(5-2)15(23)10-26-14-7-6-12(8-13(14)18)20-17(25)16(24)19-11(3)9-22/h6-8,11,22H,4-5,9-10H2,1-3H3,(H,19,24)(H,20,25)/t11-/m1/s1. The Hall–Kier alpha value is -2.32. The lowest BCUT2D eigenvalue weighted by molar-refractivity contribution is -0.136. The average molecular weight is 386 g/mol. The normalized spacial score (nSPS) is 11.4. The molecule has 0 saturated heterocycles. The van der Waals surface area contributed by atoms with Gasteiger partial charge in [-0.1, -0.05) is 11.6 Å². The van der Waals surface area contributed by atoms with Gasteiger partial charge in [0.1, 0.15) is 5.75 Å². The molecule has 26 heavy (non-hydrogen) atoms. The van der Waals surface area contributed by atoms with Gasteiger partial charge in [-0.05, 0) is 39.0 Å². The van der Waals surface area contributed by atoms with Crippen molar-refractivity contribution in [3.05, 3.63) is 23.2 Å². The third-order valence-electron chi connectivity index (χ3n) is 3.51. The number of ether oxygens (including phenoxy) is 1. The van der Waals surface area contributed by atoms with Gasteiger partial charge in [-0.3, -0.25) is 14.4 Å². The van der Waals surface area contributed by atoms with Crippen molar-refractivity contribution in [3.8, 4) is 5.75 Å². The first-order valence-electron chi connectivity index (χ1n) is 8.25. The zero-order valence-electron chi connectivity index (χ0n) is 15.0. The van der Waals surface area contributed by atoms with Crippen molar-refractivity contribution >= 4 is 35.0 Å². The number of aliphatic hydroxyl groups excluding tert-OH is 1. The highest BCUT2D eigenvalue weighted by atomic mass is 35.5. The summed E-state index contributed by atoms with van der Waals surface area (Å²) in [5.41, 5.74) is 0.300. The van der Waals surface area contributed by atoms with E-state index < -0.39 is 17.9 Å². The largest absolute Gasteiger partial charge is 0.482 e. The maximum Gasteiger partial charge on any atom is 0.313 e. The van der Waals surface area contributed by atoms with Crippen LogP contribution < -0.4 is 15.4 Å². The first kappa shape index (κ1) is 21.7. The second-order valence-electron chi connectivity index (χ2n) is 5.51. The molecule has 144 valence electrons. The van der Waals surface area contributed by atoms with Crippen LogP contribution >= 0.6 is 11.6 Å². The number of benzene rings is 1. The highest BCUT2D eigenvalue weighted by Gasteiger charge is 2.17. The molecule has 0 fully saturated rings. The summed E-state index contributed by atoms with van der Waals surface area (Å²) < 4.78 is 5.41. The molecule has 0 radical (unpaired) electrons. The molecular weight excluding hydrogens is 362 g/mol. The molecule has 9 heteroatoms. The zero-order valence-corrected chi connectivity index (χ0v) is 15.8.